The number of nitrogens with one attached hydrogen (secondary N) is 1. The molecule has 0 saturated carbocycles. The summed E-state index contributed by atoms with van der Waals surface area (Å²) < 4.78 is 0. The first-order valence-corrected chi connectivity index (χ1v) is 4.09. The Labute approximate surface area is 64.2 Å². The highest BCUT2D eigenvalue weighted by atomic mass is 14.9. The molecular formula is C8H20N2. The maximum Gasteiger partial charge on any atom is 0.00746 e. The van der Waals surface area contributed by atoms with Gasteiger partial charge in [0.25, 0.3) is 0 Å². The van der Waals surface area contributed by atoms with Crippen molar-refractivity contribution in [1.29, 1.82) is 0 Å². The van der Waals surface area contributed by atoms with E-state index in [0.29, 0.717) is 0 Å². The van der Waals surface area contributed by atoms with E-state index in [0.717, 1.165) is 31.5 Å². The molecule has 0 bridgehead atoms. The van der Waals surface area contributed by atoms with Gasteiger partial charge in [-0.1, -0.05) is 20.8 Å². The van der Waals surface area contributed by atoms with Gasteiger partial charge in [0, 0.05) is 13.1 Å². The number of hydrogen-bond donors (Lipinski definition) is 2. The van der Waals surface area contributed by atoms with Gasteiger partial charge in [-0.05, 0) is 18.4 Å². The molecule has 0 aliphatic rings. The summed E-state index contributed by atoms with van der Waals surface area (Å²) in [6, 6.07) is 0. The standard InChI is InChI=1S/C8H20N2/c1-7(2)8(3)6-10-5-4-9/h7-8,10H,4-6,9H2,1-3H3/t8-/m1/s1. The first-order valence-electron chi connectivity index (χ1n) is 4.09. The second-order valence-electron chi connectivity index (χ2n) is 3.21. The maximum absolute atomic E-state index is 5.33. The molecule has 0 aromatic rings. The van der Waals surface area contributed by atoms with E-state index in [4.69, 9.17) is 5.73 Å². The summed E-state index contributed by atoms with van der Waals surface area (Å²) >= 11 is 0. The zero-order valence-electron chi connectivity index (χ0n) is 7.35. The van der Waals surface area contributed by atoms with Crippen molar-refractivity contribution in [2.75, 3.05) is 19.6 Å². The van der Waals surface area contributed by atoms with Gasteiger partial charge in [-0.3, -0.25) is 0 Å². The molecule has 0 radical (unpaired) electrons. The summed E-state index contributed by atoms with van der Waals surface area (Å²) in [5, 5.41) is 3.29. The van der Waals surface area contributed by atoms with Gasteiger partial charge in [0.15, 0.2) is 0 Å². The Bertz CT molecular complexity index is 71.7. The summed E-state index contributed by atoms with van der Waals surface area (Å²) in [6.45, 7) is 9.52. The monoisotopic (exact) mass is 144 g/mol. The third kappa shape index (κ3) is 4.77. The second-order valence-corrected chi connectivity index (χ2v) is 3.21. The molecule has 62 valence electrons. The van der Waals surface area contributed by atoms with Crippen LogP contribution in [-0.2, 0) is 0 Å². The topological polar surface area (TPSA) is 38.0 Å². The van der Waals surface area contributed by atoms with E-state index in [-0.39, 0.29) is 0 Å². The van der Waals surface area contributed by atoms with E-state index in [9.17, 15) is 0 Å². The van der Waals surface area contributed by atoms with Crippen molar-refractivity contribution in [2.45, 2.75) is 20.8 Å². The smallest absolute Gasteiger partial charge is 0.00746 e. The molecule has 0 amide bonds. The zero-order chi connectivity index (χ0) is 7.98. The van der Waals surface area contributed by atoms with Crippen LogP contribution in [0.5, 0.6) is 0 Å². The van der Waals surface area contributed by atoms with Gasteiger partial charge in [0.2, 0.25) is 0 Å². The summed E-state index contributed by atoms with van der Waals surface area (Å²) in [5.41, 5.74) is 5.33. The van der Waals surface area contributed by atoms with Crippen LogP contribution in [0.4, 0.5) is 0 Å². The van der Waals surface area contributed by atoms with Gasteiger partial charge in [-0.15, -0.1) is 0 Å². The van der Waals surface area contributed by atoms with Crippen molar-refractivity contribution < 1.29 is 0 Å². The lowest BCUT2D eigenvalue weighted by molar-refractivity contribution is 0.395. The average Bonchev–Trinajstić information content (AvgIpc) is 1.88. The lowest BCUT2D eigenvalue weighted by Gasteiger charge is -2.15. The molecule has 0 heterocycles. The third-order valence-corrected chi connectivity index (χ3v) is 1.93. The van der Waals surface area contributed by atoms with Gasteiger partial charge in [-0.2, -0.15) is 0 Å². The lowest BCUT2D eigenvalue weighted by atomic mass is 9.98. The molecule has 0 rings (SSSR count). The van der Waals surface area contributed by atoms with Gasteiger partial charge in [-0.25, -0.2) is 0 Å². The normalized spacial score (nSPS) is 14.1. The first kappa shape index (κ1) is 9.92. The van der Waals surface area contributed by atoms with Crippen LogP contribution in [0.2, 0.25) is 0 Å². The molecule has 2 heteroatoms. The molecule has 0 fully saturated rings. The summed E-state index contributed by atoms with van der Waals surface area (Å²) in [4.78, 5) is 0. The molecular weight excluding hydrogens is 124 g/mol. The Kier molecular flexibility index (Phi) is 5.64. The van der Waals surface area contributed by atoms with Gasteiger partial charge >= 0.3 is 0 Å². The molecule has 0 aliphatic carbocycles. The van der Waals surface area contributed by atoms with E-state index in [1.165, 1.54) is 0 Å². The molecule has 3 N–H and O–H groups in total. The highest BCUT2D eigenvalue weighted by Gasteiger charge is 2.04. The van der Waals surface area contributed by atoms with Gasteiger partial charge in [0.1, 0.15) is 0 Å². The zero-order valence-corrected chi connectivity index (χ0v) is 7.35. The predicted octanol–water partition coefficient (Wildman–Crippen LogP) is 0.827. The fourth-order valence-electron chi connectivity index (χ4n) is 0.667. The van der Waals surface area contributed by atoms with Crippen LogP contribution in [0.25, 0.3) is 0 Å². The van der Waals surface area contributed by atoms with Gasteiger partial charge < -0.3 is 11.1 Å². The van der Waals surface area contributed by atoms with Crippen LogP contribution in [-0.4, -0.2) is 19.6 Å². The second kappa shape index (κ2) is 5.69. The Morgan fingerprint density at radius 2 is 1.90 bits per heavy atom. The number of rotatable bonds is 5. The molecule has 0 aromatic heterocycles. The van der Waals surface area contributed by atoms with Crippen molar-refractivity contribution in [1.82, 2.24) is 5.32 Å². The van der Waals surface area contributed by atoms with E-state index >= 15 is 0 Å². The molecule has 0 aromatic carbocycles. The number of nitrogens with two attached hydrogens (primary N) is 1. The fraction of sp³-hybridized carbons (Fsp3) is 1.00. The Morgan fingerprint density at radius 1 is 1.30 bits per heavy atom. The largest absolute Gasteiger partial charge is 0.329 e. The van der Waals surface area contributed by atoms with Crippen molar-refractivity contribution in [3.8, 4) is 0 Å². The highest BCUT2D eigenvalue weighted by Crippen LogP contribution is 2.06. The minimum Gasteiger partial charge on any atom is -0.329 e. The number of hydrogen-bond acceptors (Lipinski definition) is 2. The highest BCUT2D eigenvalue weighted by molar-refractivity contribution is 4.60. The van der Waals surface area contributed by atoms with Crippen molar-refractivity contribution in [3.05, 3.63) is 0 Å². The summed E-state index contributed by atoms with van der Waals surface area (Å²) in [7, 11) is 0. The quantitative estimate of drug-likeness (QED) is 0.561. The molecule has 2 nitrogen and oxygen atoms in total. The van der Waals surface area contributed by atoms with Crippen LogP contribution in [0.3, 0.4) is 0 Å². The van der Waals surface area contributed by atoms with Gasteiger partial charge in [0.05, 0.1) is 0 Å². The Balaban J connectivity index is 3.13. The van der Waals surface area contributed by atoms with Crippen molar-refractivity contribution in [2.24, 2.45) is 17.6 Å². The molecule has 0 unspecified atom stereocenters. The SMILES string of the molecule is CC(C)[C@H](C)CNCCN. The molecule has 0 saturated heterocycles. The molecule has 1 atom stereocenters. The van der Waals surface area contributed by atoms with E-state index in [1.54, 1.807) is 0 Å². The van der Waals surface area contributed by atoms with Crippen molar-refractivity contribution >= 4 is 0 Å². The van der Waals surface area contributed by atoms with Crippen LogP contribution in [0, 0.1) is 11.8 Å². The summed E-state index contributed by atoms with van der Waals surface area (Å²) in [5.74, 6) is 1.52. The van der Waals surface area contributed by atoms with Crippen LogP contribution in [0.1, 0.15) is 20.8 Å². The predicted molar refractivity (Wildman–Crippen MR) is 45.9 cm³/mol. The molecule has 0 spiro atoms. The van der Waals surface area contributed by atoms with E-state index in [2.05, 4.69) is 26.1 Å². The Morgan fingerprint density at radius 3 is 2.30 bits per heavy atom. The first-order chi connectivity index (χ1) is 4.68. The van der Waals surface area contributed by atoms with E-state index in [1.807, 2.05) is 0 Å². The molecule has 10 heavy (non-hydrogen) atoms. The maximum atomic E-state index is 5.33. The van der Waals surface area contributed by atoms with Crippen LogP contribution in [0.15, 0.2) is 0 Å². The van der Waals surface area contributed by atoms with Crippen LogP contribution < -0.4 is 11.1 Å². The fourth-order valence-corrected chi connectivity index (χ4v) is 0.667. The molecule has 0 aliphatic heterocycles. The van der Waals surface area contributed by atoms with Crippen molar-refractivity contribution in [3.63, 3.8) is 0 Å². The lowest BCUT2D eigenvalue weighted by Crippen LogP contribution is -2.28. The average molecular weight is 144 g/mol. The minimum atomic E-state index is 0.741. The Hall–Kier alpha value is -0.0800. The third-order valence-electron chi connectivity index (χ3n) is 1.93. The minimum absolute atomic E-state index is 0.741. The van der Waals surface area contributed by atoms with Crippen LogP contribution >= 0.6 is 0 Å². The summed E-state index contributed by atoms with van der Waals surface area (Å²) in [6.07, 6.45) is 0. The van der Waals surface area contributed by atoms with E-state index < -0.39 is 0 Å².